The van der Waals surface area contributed by atoms with Crippen LogP contribution in [0, 0.1) is 0 Å². The lowest BCUT2D eigenvalue weighted by molar-refractivity contribution is 0.788. The highest BCUT2D eigenvalue weighted by Crippen LogP contribution is 2.31. The molecule has 0 unspecified atom stereocenters. The number of rotatable bonds is 5. The summed E-state index contributed by atoms with van der Waals surface area (Å²) in [5, 5.41) is 0.754. The van der Waals surface area contributed by atoms with Crippen LogP contribution >= 0.6 is 11.8 Å². The molecule has 1 heterocycles. The average molecular weight is 239 g/mol. The molecule has 6 heteroatoms. The van der Waals surface area contributed by atoms with E-state index in [2.05, 4.69) is 27.2 Å². The van der Waals surface area contributed by atoms with E-state index in [9.17, 15) is 0 Å². The van der Waals surface area contributed by atoms with Crippen molar-refractivity contribution in [3.63, 3.8) is 0 Å². The molecule has 0 aromatic carbocycles. The zero-order valence-electron chi connectivity index (χ0n) is 9.60. The van der Waals surface area contributed by atoms with Gasteiger partial charge in [0.15, 0.2) is 5.16 Å². The van der Waals surface area contributed by atoms with E-state index in [-0.39, 0.29) is 0 Å². The molecule has 88 valence electrons. The zero-order chi connectivity index (χ0) is 11.5. The molecule has 3 N–H and O–H groups in total. The topological polar surface area (TPSA) is 67.1 Å². The molecular formula is C10H17N5S. The second kappa shape index (κ2) is 4.88. The van der Waals surface area contributed by atoms with Gasteiger partial charge in [0.05, 0.1) is 0 Å². The Kier molecular flexibility index (Phi) is 3.50. The van der Waals surface area contributed by atoms with E-state index < -0.39 is 0 Å². The molecule has 0 aliphatic heterocycles. The lowest BCUT2D eigenvalue weighted by Gasteiger charge is -2.22. The smallest absolute Gasteiger partial charge is 0.191 e. The maximum Gasteiger partial charge on any atom is 0.191 e. The largest absolute Gasteiger partial charge is 0.354 e. The van der Waals surface area contributed by atoms with Crippen LogP contribution in [0.5, 0.6) is 0 Å². The van der Waals surface area contributed by atoms with E-state index in [1.807, 2.05) is 12.3 Å². The summed E-state index contributed by atoms with van der Waals surface area (Å²) in [5.74, 6) is 7.05. The second-order valence-electron chi connectivity index (χ2n) is 3.76. The van der Waals surface area contributed by atoms with Crippen molar-refractivity contribution in [1.29, 1.82) is 0 Å². The number of nitrogens with two attached hydrogens (primary N) is 1. The molecule has 0 spiro atoms. The summed E-state index contributed by atoms with van der Waals surface area (Å²) in [6, 6.07) is 2.56. The Labute approximate surface area is 99.8 Å². The zero-order valence-corrected chi connectivity index (χ0v) is 10.4. The number of hydrazine groups is 1. The van der Waals surface area contributed by atoms with Gasteiger partial charge in [0.25, 0.3) is 0 Å². The molecule has 0 bridgehead atoms. The number of thioether (sulfide) groups is 1. The van der Waals surface area contributed by atoms with E-state index in [1.54, 1.807) is 0 Å². The maximum absolute atomic E-state index is 5.41. The third-order valence-corrected chi connectivity index (χ3v) is 3.19. The number of aromatic nitrogens is 2. The Bertz CT molecular complexity index is 344. The van der Waals surface area contributed by atoms with Gasteiger partial charge in [0, 0.05) is 18.7 Å². The first kappa shape index (κ1) is 11.5. The average Bonchev–Trinajstić information content (AvgIpc) is 3.14. The van der Waals surface area contributed by atoms with Crippen LogP contribution in [0.1, 0.15) is 19.8 Å². The minimum absolute atomic E-state index is 0.653. The fourth-order valence-corrected chi connectivity index (χ4v) is 2.09. The van der Waals surface area contributed by atoms with Gasteiger partial charge in [-0.1, -0.05) is 11.8 Å². The summed E-state index contributed by atoms with van der Waals surface area (Å²) in [6.45, 7) is 3.12. The van der Waals surface area contributed by atoms with Gasteiger partial charge in [-0.25, -0.2) is 15.8 Å². The summed E-state index contributed by atoms with van der Waals surface area (Å²) in [5.41, 5.74) is 2.59. The van der Waals surface area contributed by atoms with Crippen LogP contribution in [0.3, 0.4) is 0 Å². The molecule has 16 heavy (non-hydrogen) atoms. The Balaban J connectivity index is 2.30. The van der Waals surface area contributed by atoms with Crippen molar-refractivity contribution in [3.8, 4) is 0 Å². The number of nitrogens with one attached hydrogen (secondary N) is 1. The molecule has 1 fully saturated rings. The van der Waals surface area contributed by atoms with E-state index in [0.29, 0.717) is 11.9 Å². The molecular weight excluding hydrogens is 222 g/mol. The summed E-state index contributed by atoms with van der Waals surface area (Å²) in [4.78, 5) is 11.1. The Morgan fingerprint density at radius 3 is 2.81 bits per heavy atom. The van der Waals surface area contributed by atoms with Gasteiger partial charge in [-0.05, 0) is 26.0 Å². The lowest BCUT2D eigenvalue weighted by atomic mass is 10.4. The lowest BCUT2D eigenvalue weighted by Crippen LogP contribution is -2.26. The minimum atomic E-state index is 0.653. The molecule has 0 amide bonds. The molecule has 1 saturated carbocycles. The summed E-state index contributed by atoms with van der Waals surface area (Å²) < 4.78 is 0. The van der Waals surface area contributed by atoms with Crippen molar-refractivity contribution < 1.29 is 0 Å². The normalized spacial score (nSPS) is 14.9. The molecule has 1 aliphatic rings. The van der Waals surface area contributed by atoms with Gasteiger partial charge in [0.2, 0.25) is 0 Å². The number of nitrogen functional groups attached to an aromatic ring is 1. The van der Waals surface area contributed by atoms with Crippen molar-refractivity contribution in [2.24, 2.45) is 5.84 Å². The Morgan fingerprint density at radius 1 is 1.56 bits per heavy atom. The number of anilines is 2. The minimum Gasteiger partial charge on any atom is -0.354 e. The van der Waals surface area contributed by atoms with Gasteiger partial charge >= 0.3 is 0 Å². The molecule has 0 atom stereocenters. The van der Waals surface area contributed by atoms with Gasteiger partial charge < -0.3 is 10.3 Å². The van der Waals surface area contributed by atoms with E-state index in [0.717, 1.165) is 17.5 Å². The third-order valence-electron chi connectivity index (χ3n) is 2.65. The maximum atomic E-state index is 5.41. The highest BCUT2D eigenvalue weighted by Gasteiger charge is 2.29. The fraction of sp³-hybridized carbons (Fsp3) is 0.600. The van der Waals surface area contributed by atoms with Crippen LogP contribution in [0.2, 0.25) is 0 Å². The number of nitrogens with zero attached hydrogens (tertiary/aromatic N) is 3. The molecule has 1 aromatic rings. The van der Waals surface area contributed by atoms with Gasteiger partial charge in [0.1, 0.15) is 11.6 Å². The van der Waals surface area contributed by atoms with E-state index >= 15 is 0 Å². The quantitative estimate of drug-likeness (QED) is 0.351. The number of hydrogen-bond acceptors (Lipinski definition) is 6. The highest BCUT2D eigenvalue weighted by atomic mass is 32.2. The first-order valence-electron chi connectivity index (χ1n) is 5.44. The predicted octanol–water partition coefficient (Wildman–Crippen LogP) is 1.47. The summed E-state index contributed by atoms with van der Waals surface area (Å²) in [7, 11) is 0. The molecule has 5 nitrogen and oxygen atoms in total. The van der Waals surface area contributed by atoms with Crippen molar-refractivity contribution in [2.75, 3.05) is 23.1 Å². The SMILES string of the molecule is CCN(c1cc(NN)nc(SC)n1)C1CC1. The van der Waals surface area contributed by atoms with Gasteiger partial charge in [-0.15, -0.1) is 0 Å². The Morgan fingerprint density at radius 2 is 2.31 bits per heavy atom. The van der Waals surface area contributed by atoms with Crippen LogP contribution < -0.4 is 16.2 Å². The number of hydrogen-bond donors (Lipinski definition) is 2. The van der Waals surface area contributed by atoms with Crippen molar-refractivity contribution in [3.05, 3.63) is 6.07 Å². The van der Waals surface area contributed by atoms with Crippen molar-refractivity contribution in [2.45, 2.75) is 31.0 Å². The predicted molar refractivity (Wildman–Crippen MR) is 67.7 cm³/mol. The molecule has 0 radical (unpaired) electrons. The standard InChI is InChI=1S/C10H17N5S/c1-3-15(7-4-5-7)9-6-8(14-11)12-10(13-9)16-2/h6-7H,3-5,11H2,1-2H3,(H,12,13,14). The van der Waals surface area contributed by atoms with E-state index in [1.165, 1.54) is 24.6 Å². The summed E-state index contributed by atoms with van der Waals surface area (Å²) >= 11 is 1.53. The monoisotopic (exact) mass is 239 g/mol. The van der Waals surface area contributed by atoms with Crippen LogP contribution in [-0.2, 0) is 0 Å². The fourth-order valence-electron chi connectivity index (χ4n) is 1.72. The first-order chi connectivity index (χ1) is 7.78. The molecule has 0 saturated heterocycles. The molecule has 1 aliphatic carbocycles. The molecule has 2 rings (SSSR count). The van der Waals surface area contributed by atoms with Crippen LogP contribution in [0.4, 0.5) is 11.6 Å². The third kappa shape index (κ3) is 2.38. The van der Waals surface area contributed by atoms with Crippen LogP contribution in [0.15, 0.2) is 11.2 Å². The second-order valence-corrected chi connectivity index (χ2v) is 4.53. The van der Waals surface area contributed by atoms with Crippen molar-refractivity contribution in [1.82, 2.24) is 9.97 Å². The Hall–Kier alpha value is -1.01. The van der Waals surface area contributed by atoms with Crippen LogP contribution in [0.25, 0.3) is 0 Å². The summed E-state index contributed by atoms with van der Waals surface area (Å²) in [6.07, 6.45) is 4.49. The van der Waals surface area contributed by atoms with Gasteiger partial charge in [-0.2, -0.15) is 0 Å². The first-order valence-corrected chi connectivity index (χ1v) is 6.67. The van der Waals surface area contributed by atoms with Crippen molar-refractivity contribution >= 4 is 23.4 Å². The van der Waals surface area contributed by atoms with Crippen LogP contribution in [-0.4, -0.2) is 28.8 Å². The van der Waals surface area contributed by atoms with E-state index in [4.69, 9.17) is 5.84 Å². The highest BCUT2D eigenvalue weighted by molar-refractivity contribution is 7.98. The van der Waals surface area contributed by atoms with Gasteiger partial charge in [-0.3, -0.25) is 0 Å². The molecule has 1 aromatic heterocycles.